The molecule has 0 saturated carbocycles. The second-order valence-electron chi connectivity index (χ2n) is 4.35. The minimum absolute atomic E-state index is 0.0110. The summed E-state index contributed by atoms with van der Waals surface area (Å²) in [6.07, 6.45) is -5.28. The van der Waals surface area contributed by atoms with Crippen molar-refractivity contribution in [3.63, 3.8) is 0 Å². The van der Waals surface area contributed by atoms with Crippen LogP contribution in [-0.2, 0) is 6.18 Å². The zero-order chi connectivity index (χ0) is 14.6. The van der Waals surface area contributed by atoms with Crippen LogP contribution >= 0.6 is 0 Å². The molecule has 0 aromatic heterocycles. The maximum absolute atomic E-state index is 12.8. The molecule has 20 heavy (non-hydrogen) atoms. The first-order valence-electron chi connectivity index (χ1n) is 6.11. The number of anilines is 1. The van der Waals surface area contributed by atoms with Crippen LogP contribution in [0.2, 0.25) is 0 Å². The largest absolute Gasteiger partial charge is 0.418 e. The van der Waals surface area contributed by atoms with Crippen LogP contribution in [0.3, 0.4) is 0 Å². The Hall–Kier alpha value is -2.01. The third-order valence-electron chi connectivity index (χ3n) is 2.90. The number of halogens is 3. The van der Waals surface area contributed by atoms with Crippen LogP contribution in [0.4, 0.5) is 18.9 Å². The normalized spacial score (nSPS) is 13.0. The molecule has 0 aliphatic heterocycles. The number of hydrogen-bond acceptors (Lipinski definition) is 2. The van der Waals surface area contributed by atoms with Gasteiger partial charge in [0.2, 0.25) is 0 Å². The van der Waals surface area contributed by atoms with Crippen LogP contribution in [0.15, 0.2) is 54.6 Å². The molecule has 0 saturated heterocycles. The first-order chi connectivity index (χ1) is 9.48. The van der Waals surface area contributed by atoms with Crippen molar-refractivity contribution in [2.24, 2.45) is 0 Å². The van der Waals surface area contributed by atoms with Crippen LogP contribution in [-0.4, -0.2) is 11.7 Å². The summed E-state index contributed by atoms with van der Waals surface area (Å²) in [5, 5.41) is 12.6. The lowest BCUT2D eigenvalue weighted by Gasteiger charge is -2.17. The van der Waals surface area contributed by atoms with Crippen LogP contribution in [0.25, 0.3) is 0 Å². The third-order valence-corrected chi connectivity index (χ3v) is 2.90. The van der Waals surface area contributed by atoms with Crippen LogP contribution < -0.4 is 5.32 Å². The molecule has 2 rings (SSSR count). The average Bonchev–Trinajstić information content (AvgIpc) is 2.45. The Balaban J connectivity index is 2.08. The molecule has 5 heteroatoms. The topological polar surface area (TPSA) is 32.3 Å². The van der Waals surface area contributed by atoms with Gasteiger partial charge < -0.3 is 10.4 Å². The molecule has 2 aromatic carbocycles. The van der Waals surface area contributed by atoms with Gasteiger partial charge >= 0.3 is 6.18 Å². The molecule has 2 aromatic rings. The van der Waals surface area contributed by atoms with Crippen molar-refractivity contribution in [3.8, 4) is 0 Å². The molecule has 0 amide bonds. The molecule has 0 fully saturated rings. The summed E-state index contributed by atoms with van der Waals surface area (Å²) in [6.45, 7) is 0.0110. The van der Waals surface area contributed by atoms with E-state index in [1.807, 2.05) is 6.07 Å². The molecule has 1 atom stereocenters. The summed E-state index contributed by atoms with van der Waals surface area (Å²) in [4.78, 5) is 0. The Kier molecular flexibility index (Phi) is 4.29. The summed E-state index contributed by atoms with van der Waals surface area (Å²) >= 11 is 0. The zero-order valence-electron chi connectivity index (χ0n) is 10.6. The van der Waals surface area contributed by atoms with Crippen LogP contribution in [0, 0.1) is 0 Å². The van der Waals surface area contributed by atoms with E-state index in [0.29, 0.717) is 5.56 Å². The fourth-order valence-electron chi connectivity index (χ4n) is 1.88. The number of aliphatic hydroxyl groups excluding tert-OH is 1. The first-order valence-corrected chi connectivity index (χ1v) is 6.11. The molecule has 106 valence electrons. The minimum Gasteiger partial charge on any atom is -0.387 e. The van der Waals surface area contributed by atoms with Gasteiger partial charge in [-0.2, -0.15) is 13.2 Å². The van der Waals surface area contributed by atoms with Crippen molar-refractivity contribution in [3.05, 3.63) is 65.7 Å². The van der Waals surface area contributed by atoms with E-state index >= 15 is 0 Å². The molecule has 0 spiro atoms. The summed E-state index contributed by atoms with van der Waals surface area (Å²) in [5.41, 5.74) is -0.111. The standard InChI is InChI=1S/C15H14F3NO/c16-15(17,18)12-8-4-5-9-13(12)19-10-14(20)11-6-2-1-3-7-11/h1-9,14,19-20H,10H2. The lowest BCUT2D eigenvalue weighted by molar-refractivity contribution is -0.137. The number of benzene rings is 2. The monoisotopic (exact) mass is 281 g/mol. The number of aliphatic hydroxyl groups is 1. The molecule has 2 nitrogen and oxygen atoms in total. The lowest BCUT2D eigenvalue weighted by atomic mass is 10.1. The second kappa shape index (κ2) is 5.96. The number of nitrogens with one attached hydrogen (secondary N) is 1. The molecule has 0 heterocycles. The quantitative estimate of drug-likeness (QED) is 0.892. The molecule has 0 bridgehead atoms. The van der Waals surface area contributed by atoms with Gasteiger partial charge in [-0.3, -0.25) is 0 Å². The van der Waals surface area contributed by atoms with E-state index in [1.54, 1.807) is 24.3 Å². The second-order valence-corrected chi connectivity index (χ2v) is 4.35. The van der Waals surface area contributed by atoms with Gasteiger partial charge in [-0.25, -0.2) is 0 Å². The highest BCUT2D eigenvalue weighted by Crippen LogP contribution is 2.34. The van der Waals surface area contributed by atoms with Gasteiger partial charge in [-0.1, -0.05) is 42.5 Å². The Morgan fingerprint density at radius 2 is 1.55 bits per heavy atom. The van der Waals surface area contributed by atoms with Gasteiger partial charge in [-0.05, 0) is 17.7 Å². The van der Waals surface area contributed by atoms with E-state index in [-0.39, 0.29) is 12.2 Å². The van der Waals surface area contributed by atoms with E-state index < -0.39 is 17.8 Å². The van der Waals surface area contributed by atoms with Crippen molar-refractivity contribution in [1.29, 1.82) is 0 Å². The van der Waals surface area contributed by atoms with Crippen molar-refractivity contribution in [2.75, 3.05) is 11.9 Å². The molecule has 0 aliphatic carbocycles. The lowest BCUT2D eigenvalue weighted by Crippen LogP contribution is -2.16. The Morgan fingerprint density at radius 3 is 2.20 bits per heavy atom. The summed E-state index contributed by atoms with van der Waals surface area (Å²) in [6, 6.07) is 14.0. The predicted octanol–water partition coefficient (Wildman–Crippen LogP) is 3.85. The molecular formula is C15H14F3NO. The van der Waals surface area contributed by atoms with Crippen LogP contribution in [0.5, 0.6) is 0 Å². The number of rotatable bonds is 4. The third kappa shape index (κ3) is 3.51. The van der Waals surface area contributed by atoms with Crippen molar-refractivity contribution in [1.82, 2.24) is 0 Å². The van der Waals surface area contributed by atoms with Gasteiger partial charge in [0, 0.05) is 12.2 Å². The van der Waals surface area contributed by atoms with Crippen molar-refractivity contribution >= 4 is 5.69 Å². The molecule has 0 radical (unpaired) electrons. The fraction of sp³-hybridized carbons (Fsp3) is 0.200. The van der Waals surface area contributed by atoms with Gasteiger partial charge in [0.25, 0.3) is 0 Å². The van der Waals surface area contributed by atoms with E-state index in [2.05, 4.69) is 5.32 Å². The number of hydrogen-bond donors (Lipinski definition) is 2. The van der Waals surface area contributed by atoms with Crippen molar-refractivity contribution < 1.29 is 18.3 Å². The van der Waals surface area contributed by atoms with E-state index in [0.717, 1.165) is 6.07 Å². The van der Waals surface area contributed by atoms with Gasteiger partial charge in [0.05, 0.1) is 11.7 Å². The summed E-state index contributed by atoms with van der Waals surface area (Å²) in [7, 11) is 0. The average molecular weight is 281 g/mol. The smallest absolute Gasteiger partial charge is 0.387 e. The molecular weight excluding hydrogens is 267 g/mol. The Labute approximate surface area is 114 Å². The number of para-hydroxylation sites is 1. The maximum atomic E-state index is 12.8. The Bertz CT molecular complexity index is 555. The van der Waals surface area contributed by atoms with E-state index in [4.69, 9.17) is 0 Å². The van der Waals surface area contributed by atoms with Gasteiger partial charge in [0.1, 0.15) is 0 Å². The van der Waals surface area contributed by atoms with Gasteiger partial charge in [0.15, 0.2) is 0 Å². The maximum Gasteiger partial charge on any atom is 0.418 e. The molecule has 1 unspecified atom stereocenters. The van der Waals surface area contributed by atoms with Crippen molar-refractivity contribution in [2.45, 2.75) is 12.3 Å². The highest BCUT2D eigenvalue weighted by atomic mass is 19.4. The van der Waals surface area contributed by atoms with Crippen LogP contribution in [0.1, 0.15) is 17.2 Å². The minimum atomic E-state index is -4.42. The SMILES string of the molecule is OC(CNc1ccccc1C(F)(F)F)c1ccccc1. The zero-order valence-corrected chi connectivity index (χ0v) is 10.6. The fourth-order valence-corrected chi connectivity index (χ4v) is 1.88. The molecule has 0 aliphatic rings. The first kappa shape index (κ1) is 14.4. The summed E-state index contributed by atoms with van der Waals surface area (Å²) in [5.74, 6) is 0. The highest BCUT2D eigenvalue weighted by Gasteiger charge is 2.33. The Morgan fingerprint density at radius 1 is 0.950 bits per heavy atom. The van der Waals surface area contributed by atoms with E-state index in [1.165, 1.54) is 18.2 Å². The van der Waals surface area contributed by atoms with E-state index in [9.17, 15) is 18.3 Å². The predicted molar refractivity (Wildman–Crippen MR) is 71.3 cm³/mol. The summed E-state index contributed by atoms with van der Waals surface area (Å²) < 4.78 is 38.4. The molecule has 2 N–H and O–H groups in total. The number of alkyl halides is 3. The highest BCUT2D eigenvalue weighted by molar-refractivity contribution is 5.52. The van der Waals surface area contributed by atoms with Gasteiger partial charge in [-0.15, -0.1) is 0 Å².